The van der Waals surface area contributed by atoms with Gasteiger partial charge >= 0.3 is 5.97 Å². The molecule has 1 aromatic carbocycles. The highest BCUT2D eigenvalue weighted by molar-refractivity contribution is 5.85. The summed E-state index contributed by atoms with van der Waals surface area (Å²) in [4.78, 5) is 14.7. The molecule has 5 nitrogen and oxygen atoms in total. The quantitative estimate of drug-likeness (QED) is 0.797. The number of aromatic carboxylic acids is 1. The number of aromatic nitrogens is 3. The maximum Gasteiger partial charge on any atom is 0.354 e. The minimum absolute atomic E-state index is 0.0444. The van der Waals surface area contributed by atoms with Crippen molar-refractivity contribution in [2.45, 2.75) is 6.54 Å². The van der Waals surface area contributed by atoms with Gasteiger partial charge in [0.2, 0.25) is 0 Å². The van der Waals surface area contributed by atoms with Gasteiger partial charge in [0.1, 0.15) is 5.69 Å². The van der Waals surface area contributed by atoms with Gasteiger partial charge in [-0.3, -0.25) is 4.68 Å². The van der Waals surface area contributed by atoms with E-state index in [1.807, 2.05) is 36.5 Å². The van der Waals surface area contributed by atoms with Crippen molar-refractivity contribution < 1.29 is 9.90 Å². The standard InChI is InChI=1S/C16H13N3O2/c20-16(21)15-8-12(6-7-17-15)10-19-11-14(9-18-19)13-4-2-1-3-5-13/h1-9,11H,10H2,(H,20,21). The lowest BCUT2D eigenvalue weighted by molar-refractivity contribution is 0.0690. The van der Waals surface area contributed by atoms with E-state index < -0.39 is 5.97 Å². The topological polar surface area (TPSA) is 68.0 Å². The third-order valence-corrected chi connectivity index (χ3v) is 3.13. The Hall–Kier alpha value is -2.95. The molecule has 0 atom stereocenters. The summed E-state index contributed by atoms with van der Waals surface area (Å²) in [6.45, 7) is 0.510. The van der Waals surface area contributed by atoms with Crippen LogP contribution in [0.3, 0.4) is 0 Å². The normalized spacial score (nSPS) is 10.5. The maximum atomic E-state index is 10.9. The Kier molecular flexibility index (Phi) is 3.47. The van der Waals surface area contributed by atoms with Gasteiger partial charge in [0.05, 0.1) is 12.7 Å². The van der Waals surface area contributed by atoms with Crippen LogP contribution < -0.4 is 0 Å². The molecule has 0 saturated carbocycles. The van der Waals surface area contributed by atoms with Crippen molar-refractivity contribution >= 4 is 5.97 Å². The smallest absolute Gasteiger partial charge is 0.354 e. The number of pyridine rings is 1. The van der Waals surface area contributed by atoms with Gasteiger partial charge in [-0.05, 0) is 23.3 Å². The van der Waals surface area contributed by atoms with Crippen molar-refractivity contribution in [1.29, 1.82) is 0 Å². The van der Waals surface area contributed by atoms with Gasteiger partial charge in [-0.2, -0.15) is 5.10 Å². The number of nitrogens with zero attached hydrogens (tertiary/aromatic N) is 3. The number of hydrogen-bond donors (Lipinski definition) is 1. The molecule has 0 aliphatic carbocycles. The first kappa shape index (κ1) is 13.1. The van der Waals surface area contributed by atoms with E-state index in [-0.39, 0.29) is 5.69 Å². The van der Waals surface area contributed by atoms with Crippen molar-refractivity contribution in [2.24, 2.45) is 0 Å². The molecule has 0 fully saturated rings. The van der Waals surface area contributed by atoms with E-state index in [4.69, 9.17) is 5.11 Å². The fourth-order valence-corrected chi connectivity index (χ4v) is 2.11. The highest BCUT2D eigenvalue weighted by atomic mass is 16.4. The molecule has 3 aromatic rings. The first-order valence-electron chi connectivity index (χ1n) is 6.48. The monoisotopic (exact) mass is 279 g/mol. The number of rotatable bonds is 4. The van der Waals surface area contributed by atoms with E-state index in [1.54, 1.807) is 23.0 Å². The third-order valence-electron chi connectivity index (χ3n) is 3.13. The average molecular weight is 279 g/mol. The van der Waals surface area contributed by atoms with Gasteiger partial charge in [-0.1, -0.05) is 30.3 Å². The minimum atomic E-state index is -1.03. The molecule has 0 unspecified atom stereocenters. The summed E-state index contributed by atoms with van der Waals surface area (Å²) >= 11 is 0. The second kappa shape index (κ2) is 5.58. The van der Waals surface area contributed by atoms with Gasteiger partial charge in [0, 0.05) is 18.0 Å². The summed E-state index contributed by atoms with van der Waals surface area (Å²) in [6.07, 6.45) is 5.24. The molecule has 0 amide bonds. The number of carboxylic acid groups (broad SMARTS) is 1. The van der Waals surface area contributed by atoms with Gasteiger partial charge in [-0.15, -0.1) is 0 Å². The Morgan fingerprint density at radius 3 is 2.71 bits per heavy atom. The maximum absolute atomic E-state index is 10.9. The number of hydrogen-bond acceptors (Lipinski definition) is 3. The van der Waals surface area contributed by atoms with Gasteiger partial charge in [0.15, 0.2) is 0 Å². The van der Waals surface area contributed by atoms with Crippen LogP contribution in [0.2, 0.25) is 0 Å². The highest BCUT2D eigenvalue weighted by Gasteiger charge is 2.06. The number of carbonyl (C=O) groups is 1. The molecular formula is C16H13N3O2. The van der Waals surface area contributed by atoms with E-state index in [1.165, 1.54) is 6.20 Å². The van der Waals surface area contributed by atoms with Crippen LogP contribution in [-0.2, 0) is 6.54 Å². The summed E-state index contributed by atoms with van der Waals surface area (Å²) in [5.74, 6) is -1.03. The molecule has 3 rings (SSSR count). The van der Waals surface area contributed by atoms with Gasteiger partial charge in [-0.25, -0.2) is 9.78 Å². The molecule has 0 radical (unpaired) electrons. The summed E-state index contributed by atoms with van der Waals surface area (Å²) in [7, 11) is 0. The zero-order valence-corrected chi connectivity index (χ0v) is 11.2. The molecule has 1 N–H and O–H groups in total. The van der Waals surface area contributed by atoms with Crippen LogP contribution in [-0.4, -0.2) is 25.8 Å². The van der Waals surface area contributed by atoms with Crippen LogP contribution in [0, 0.1) is 0 Å². The lowest BCUT2D eigenvalue weighted by Crippen LogP contribution is -2.04. The Bertz CT molecular complexity index is 766. The van der Waals surface area contributed by atoms with Crippen molar-refractivity contribution in [1.82, 2.24) is 14.8 Å². The van der Waals surface area contributed by atoms with Crippen molar-refractivity contribution in [3.8, 4) is 11.1 Å². The summed E-state index contributed by atoms with van der Waals surface area (Å²) in [6, 6.07) is 13.3. The molecule has 0 aliphatic heterocycles. The van der Waals surface area contributed by atoms with Crippen LogP contribution >= 0.6 is 0 Å². The fourth-order valence-electron chi connectivity index (χ4n) is 2.11. The highest BCUT2D eigenvalue weighted by Crippen LogP contribution is 2.18. The van der Waals surface area contributed by atoms with Crippen LogP contribution in [0.1, 0.15) is 16.1 Å². The fraction of sp³-hybridized carbons (Fsp3) is 0.0625. The Labute approximate surface area is 121 Å². The zero-order valence-electron chi connectivity index (χ0n) is 11.2. The van der Waals surface area contributed by atoms with E-state index in [2.05, 4.69) is 10.1 Å². The molecule has 2 aromatic heterocycles. The van der Waals surface area contributed by atoms with E-state index in [0.29, 0.717) is 6.54 Å². The lowest BCUT2D eigenvalue weighted by atomic mass is 10.1. The number of benzene rings is 1. The molecule has 0 aliphatic rings. The largest absolute Gasteiger partial charge is 0.477 e. The molecule has 2 heterocycles. The van der Waals surface area contributed by atoms with Crippen molar-refractivity contribution in [3.63, 3.8) is 0 Å². The summed E-state index contributed by atoms with van der Waals surface area (Å²) in [5.41, 5.74) is 3.03. The Balaban J connectivity index is 1.82. The Morgan fingerprint density at radius 2 is 1.95 bits per heavy atom. The lowest BCUT2D eigenvalue weighted by Gasteiger charge is -2.02. The minimum Gasteiger partial charge on any atom is -0.477 e. The van der Waals surface area contributed by atoms with Crippen LogP contribution in [0.15, 0.2) is 61.1 Å². The van der Waals surface area contributed by atoms with Crippen molar-refractivity contribution in [2.75, 3.05) is 0 Å². The van der Waals surface area contributed by atoms with Crippen molar-refractivity contribution in [3.05, 3.63) is 72.3 Å². The summed E-state index contributed by atoms with van der Waals surface area (Å²) in [5, 5.41) is 13.3. The van der Waals surface area contributed by atoms with Gasteiger partial charge in [0.25, 0.3) is 0 Å². The predicted molar refractivity (Wildman–Crippen MR) is 78.0 cm³/mol. The Morgan fingerprint density at radius 1 is 1.14 bits per heavy atom. The molecule has 21 heavy (non-hydrogen) atoms. The molecule has 0 saturated heterocycles. The predicted octanol–water partition coefficient (Wildman–Crippen LogP) is 2.69. The first-order chi connectivity index (χ1) is 10.2. The van der Waals surface area contributed by atoms with Crippen LogP contribution in [0.4, 0.5) is 0 Å². The second-order valence-corrected chi connectivity index (χ2v) is 4.65. The van der Waals surface area contributed by atoms with E-state index in [0.717, 1.165) is 16.7 Å². The van der Waals surface area contributed by atoms with Crippen LogP contribution in [0.5, 0.6) is 0 Å². The molecule has 0 spiro atoms. The van der Waals surface area contributed by atoms with E-state index in [9.17, 15) is 4.79 Å². The zero-order chi connectivity index (χ0) is 14.7. The molecule has 5 heteroatoms. The molecular weight excluding hydrogens is 266 g/mol. The summed E-state index contributed by atoms with van der Waals surface area (Å²) < 4.78 is 1.78. The molecule has 104 valence electrons. The third kappa shape index (κ3) is 2.97. The van der Waals surface area contributed by atoms with Crippen LogP contribution in [0.25, 0.3) is 11.1 Å². The number of carboxylic acids is 1. The molecule has 0 bridgehead atoms. The SMILES string of the molecule is O=C(O)c1cc(Cn2cc(-c3ccccc3)cn2)ccn1. The van der Waals surface area contributed by atoms with Gasteiger partial charge < -0.3 is 5.11 Å². The second-order valence-electron chi connectivity index (χ2n) is 4.65. The first-order valence-corrected chi connectivity index (χ1v) is 6.48. The van der Waals surface area contributed by atoms with E-state index >= 15 is 0 Å². The average Bonchev–Trinajstić information content (AvgIpc) is 2.97.